The van der Waals surface area contributed by atoms with E-state index in [1.807, 2.05) is 18.5 Å². The highest BCUT2D eigenvalue weighted by Gasteiger charge is 2.18. The number of amides is 1. The molecule has 2 heterocycles. The molecule has 1 aliphatic heterocycles. The minimum Gasteiger partial charge on any atom is -0.326 e. The second-order valence-electron chi connectivity index (χ2n) is 9.05. The first-order valence-electron chi connectivity index (χ1n) is 11.6. The Morgan fingerprint density at radius 1 is 1.18 bits per heavy atom. The third-order valence-electron chi connectivity index (χ3n) is 5.73. The van der Waals surface area contributed by atoms with Crippen LogP contribution in [-0.4, -0.2) is 36.5 Å². The number of anilines is 1. The number of rotatable bonds is 8. The van der Waals surface area contributed by atoms with Crippen molar-refractivity contribution in [1.82, 2.24) is 14.5 Å². The van der Waals surface area contributed by atoms with Gasteiger partial charge < -0.3 is 5.32 Å². The number of benzene rings is 1. The van der Waals surface area contributed by atoms with Crippen LogP contribution in [0.5, 0.6) is 0 Å². The molecule has 0 saturated carbocycles. The fraction of sp³-hybridized carbons (Fsp3) is 0.542. The van der Waals surface area contributed by atoms with Crippen LogP contribution < -0.4 is 10.0 Å². The Balaban J connectivity index is 1.63. The molecule has 1 aliphatic rings. The van der Waals surface area contributed by atoms with Gasteiger partial charge in [-0.15, -0.1) is 0 Å². The van der Waals surface area contributed by atoms with Crippen LogP contribution in [0.25, 0.3) is 0 Å². The molecule has 0 fully saturated rings. The predicted octanol–water partition coefficient (Wildman–Crippen LogP) is 3.98. The van der Waals surface area contributed by atoms with Gasteiger partial charge in [-0.2, -0.15) is 5.10 Å². The summed E-state index contributed by atoms with van der Waals surface area (Å²) in [6, 6.07) is 6.32. The Morgan fingerprint density at radius 2 is 1.97 bits per heavy atom. The van der Waals surface area contributed by atoms with Gasteiger partial charge in [0.1, 0.15) is 5.84 Å². The highest BCUT2D eigenvalue weighted by Crippen LogP contribution is 2.19. The zero-order chi connectivity index (χ0) is 24.0. The summed E-state index contributed by atoms with van der Waals surface area (Å²) < 4.78 is 30.2. The van der Waals surface area contributed by atoms with Crippen molar-refractivity contribution >= 4 is 27.5 Å². The van der Waals surface area contributed by atoms with Crippen LogP contribution in [-0.2, 0) is 27.8 Å². The summed E-state index contributed by atoms with van der Waals surface area (Å²) in [7, 11) is -3.75. The van der Waals surface area contributed by atoms with Gasteiger partial charge >= 0.3 is 0 Å². The topological polar surface area (TPSA) is 105 Å². The van der Waals surface area contributed by atoms with E-state index in [0.717, 1.165) is 42.8 Å². The molecule has 0 aliphatic carbocycles. The van der Waals surface area contributed by atoms with E-state index in [2.05, 4.69) is 34.0 Å². The molecule has 1 amide bonds. The van der Waals surface area contributed by atoms with Crippen LogP contribution in [0.15, 0.2) is 34.2 Å². The number of hydrogen-bond donors (Lipinski definition) is 2. The number of carbonyl (C=O) groups is 1. The van der Waals surface area contributed by atoms with Crippen molar-refractivity contribution in [3.63, 3.8) is 0 Å². The Bertz CT molecular complexity index is 1120. The maximum Gasteiger partial charge on any atom is 0.262 e. The molecule has 1 aromatic heterocycles. The quantitative estimate of drug-likeness (QED) is 0.605. The molecule has 33 heavy (non-hydrogen) atoms. The Kier molecular flexibility index (Phi) is 8.29. The van der Waals surface area contributed by atoms with Crippen molar-refractivity contribution in [3.8, 4) is 0 Å². The summed E-state index contributed by atoms with van der Waals surface area (Å²) in [5.74, 6) is 0.832. The van der Waals surface area contributed by atoms with Crippen LogP contribution >= 0.6 is 0 Å². The zero-order valence-electron chi connectivity index (χ0n) is 20.0. The molecule has 9 heteroatoms. The average Bonchev–Trinajstić information content (AvgIpc) is 2.90. The van der Waals surface area contributed by atoms with E-state index >= 15 is 0 Å². The highest BCUT2D eigenvalue weighted by atomic mass is 32.2. The summed E-state index contributed by atoms with van der Waals surface area (Å²) in [5.41, 5.74) is 3.58. The van der Waals surface area contributed by atoms with Crippen LogP contribution in [0.1, 0.15) is 62.9 Å². The lowest BCUT2D eigenvalue weighted by molar-refractivity contribution is -0.116. The van der Waals surface area contributed by atoms with Crippen molar-refractivity contribution in [1.29, 1.82) is 0 Å². The molecule has 180 valence electrons. The molecule has 0 saturated heterocycles. The van der Waals surface area contributed by atoms with Crippen molar-refractivity contribution < 1.29 is 13.2 Å². The van der Waals surface area contributed by atoms with Gasteiger partial charge in [0.25, 0.3) is 10.0 Å². The smallest absolute Gasteiger partial charge is 0.262 e. The van der Waals surface area contributed by atoms with E-state index in [1.54, 1.807) is 12.1 Å². The van der Waals surface area contributed by atoms with Crippen LogP contribution in [0, 0.1) is 19.8 Å². The fourth-order valence-corrected chi connectivity index (χ4v) is 5.13. The predicted molar refractivity (Wildman–Crippen MR) is 131 cm³/mol. The van der Waals surface area contributed by atoms with Gasteiger partial charge in [-0.25, -0.2) is 8.42 Å². The van der Waals surface area contributed by atoms with Gasteiger partial charge in [-0.3, -0.25) is 19.2 Å². The molecule has 0 spiro atoms. The van der Waals surface area contributed by atoms with Gasteiger partial charge in [-0.05, 0) is 62.8 Å². The lowest BCUT2D eigenvalue weighted by Crippen LogP contribution is -2.30. The van der Waals surface area contributed by atoms with Gasteiger partial charge in [0, 0.05) is 37.3 Å². The van der Waals surface area contributed by atoms with Crippen molar-refractivity contribution in [3.05, 3.63) is 41.2 Å². The van der Waals surface area contributed by atoms with Gasteiger partial charge in [0.15, 0.2) is 0 Å². The average molecular weight is 474 g/mol. The molecule has 2 aromatic rings. The maximum absolute atomic E-state index is 12.8. The lowest BCUT2D eigenvalue weighted by atomic mass is 10.1. The minimum absolute atomic E-state index is 0.105. The van der Waals surface area contributed by atoms with Gasteiger partial charge in [0.2, 0.25) is 5.91 Å². The first kappa shape index (κ1) is 25.0. The summed E-state index contributed by atoms with van der Waals surface area (Å²) in [5, 5.41) is 7.43. The highest BCUT2D eigenvalue weighted by molar-refractivity contribution is 7.90. The zero-order valence-corrected chi connectivity index (χ0v) is 20.8. The van der Waals surface area contributed by atoms with E-state index in [0.29, 0.717) is 43.2 Å². The SMILES string of the molecule is Cc1nn(CC(C)C)c(C)c1CCC(=O)Nc1cccc(S(=O)(=O)NC2=NCCCCC2)c1. The van der Waals surface area contributed by atoms with E-state index in [9.17, 15) is 13.2 Å². The second-order valence-corrected chi connectivity index (χ2v) is 10.7. The molecule has 1 aromatic carbocycles. The van der Waals surface area contributed by atoms with E-state index in [-0.39, 0.29) is 10.8 Å². The molecule has 0 radical (unpaired) electrons. The largest absolute Gasteiger partial charge is 0.326 e. The Labute approximate surface area is 196 Å². The summed E-state index contributed by atoms with van der Waals surface area (Å²) in [6.07, 6.45) is 4.45. The van der Waals surface area contributed by atoms with Crippen molar-refractivity contribution in [2.45, 2.75) is 77.7 Å². The standard InChI is InChI=1S/C24H35N5O3S/c1-17(2)16-29-19(4)22(18(3)27-29)12-13-24(30)26-20-9-8-10-21(15-20)33(31,32)28-23-11-6-5-7-14-25-23/h8-10,15,17H,5-7,11-14,16H2,1-4H3,(H,25,28)(H,26,30). The number of aryl methyl sites for hydroxylation is 1. The summed E-state index contributed by atoms with van der Waals surface area (Å²) >= 11 is 0. The third kappa shape index (κ3) is 6.90. The number of carbonyl (C=O) groups excluding carboxylic acids is 1. The molecular formula is C24H35N5O3S. The molecule has 2 N–H and O–H groups in total. The number of nitrogens with zero attached hydrogens (tertiary/aromatic N) is 3. The molecule has 0 unspecified atom stereocenters. The number of nitrogens with one attached hydrogen (secondary N) is 2. The number of aliphatic imine (C=N–C) groups is 1. The first-order valence-corrected chi connectivity index (χ1v) is 13.1. The Hall–Kier alpha value is -2.68. The fourth-order valence-electron chi connectivity index (χ4n) is 3.99. The Morgan fingerprint density at radius 3 is 2.73 bits per heavy atom. The molecule has 8 nitrogen and oxygen atoms in total. The molecule has 3 rings (SSSR count). The van der Waals surface area contributed by atoms with E-state index < -0.39 is 10.0 Å². The van der Waals surface area contributed by atoms with E-state index in [4.69, 9.17) is 0 Å². The first-order chi connectivity index (χ1) is 15.7. The van der Waals surface area contributed by atoms with Gasteiger partial charge in [0.05, 0.1) is 10.6 Å². The second kappa shape index (κ2) is 11.0. The van der Waals surface area contributed by atoms with Crippen LogP contribution in [0.4, 0.5) is 5.69 Å². The minimum atomic E-state index is -3.75. The summed E-state index contributed by atoms with van der Waals surface area (Å²) in [4.78, 5) is 17.0. The normalized spacial score (nSPS) is 14.6. The molecule has 0 atom stereocenters. The van der Waals surface area contributed by atoms with Crippen LogP contribution in [0.3, 0.4) is 0 Å². The maximum atomic E-state index is 12.8. The van der Waals surface area contributed by atoms with Gasteiger partial charge in [-0.1, -0.05) is 26.3 Å². The lowest BCUT2D eigenvalue weighted by Gasteiger charge is -2.11. The molecule has 0 bridgehead atoms. The summed E-state index contributed by atoms with van der Waals surface area (Å²) in [6.45, 7) is 9.80. The number of amidine groups is 1. The van der Waals surface area contributed by atoms with Crippen molar-refractivity contribution in [2.75, 3.05) is 11.9 Å². The number of sulfonamides is 1. The van der Waals surface area contributed by atoms with E-state index in [1.165, 1.54) is 12.1 Å². The number of aromatic nitrogens is 2. The molecular weight excluding hydrogens is 438 g/mol. The monoisotopic (exact) mass is 473 g/mol. The van der Waals surface area contributed by atoms with Crippen molar-refractivity contribution in [2.24, 2.45) is 10.9 Å². The third-order valence-corrected chi connectivity index (χ3v) is 7.11. The van der Waals surface area contributed by atoms with Crippen LogP contribution in [0.2, 0.25) is 0 Å². The number of hydrogen-bond acceptors (Lipinski definition) is 5.